The lowest BCUT2D eigenvalue weighted by atomic mass is 9.99. The van der Waals surface area contributed by atoms with E-state index in [1.165, 1.54) is 5.56 Å². The molecule has 0 amide bonds. The van der Waals surface area contributed by atoms with Crippen molar-refractivity contribution >= 4 is 28.4 Å². The molecule has 1 saturated carbocycles. The third-order valence-corrected chi connectivity index (χ3v) is 6.53. The summed E-state index contributed by atoms with van der Waals surface area (Å²) in [7, 11) is 0. The van der Waals surface area contributed by atoms with E-state index in [4.69, 9.17) is 9.97 Å². The zero-order valence-corrected chi connectivity index (χ0v) is 19.1. The maximum Gasteiger partial charge on any atom is 0.168 e. The van der Waals surface area contributed by atoms with Crippen LogP contribution in [-0.2, 0) is 0 Å². The number of hydrogen-bond acceptors (Lipinski definition) is 7. The van der Waals surface area contributed by atoms with Gasteiger partial charge in [0.05, 0.1) is 17.9 Å². The Morgan fingerprint density at radius 1 is 1.03 bits per heavy atom. The predicted molar refractivity (Wildman–Crippen MR) is 130 cm³/mol. The van der Waals surface area contributed by atoms with Crippen LogP contribution in [0.1, 0.15) is 37.2 Å². The van der Waals surface area contributed by atoms with Gasteiger partial charge < -0.3 is 10.2 Å². The molecule has 0 spiro atoms. The van der Waals surface area contributed by atoms with Crippen LogP contribution in [0.2, 0.25) is 0 Å². The zero-order valence-electron chi connectivity index (χ0n) is 19.1. The Hall–Kier alpha value is -3.75. The summed E-state index contributed by atoms with van der Waals surface area (Å²) < 4.78 is 27.3. The van der Waals surface area contributed by atoms with Crippen molar-refractivity contribution in [2.24, 2.45) is 5.92 Å². The highest BCUT2D eigenvalue weighted by Gasteiger charge is 2.30. The predicted octanol–water partition coefficient (Wildman–Crippen LogP) is 5.43. The Morgan fingerprint density at radius 2 is 1.91 bits per heavy atom. The van der Waals surface area contributed by atoms with Crippen molar-refractivity contribution in [1.29, 1.82) is 0 Å². The number of anilines is 3. The Morgan fingerprint density at radius 3 is 2.71 bits per heavy atom. The molecule has 7 nitrogen and oxygen atoms in total. The van der Waals surface area contributed by atoms with Gasteiger partial charge in [-0.25, -0.2) is 28.7 Å². The molecule has 1 aliphatic heterocycles. The van der Waals surface area contributed by atoms with E-state index in [1.807, 2.05) is 12.3 Å². The van der Waals surface area contributed by atoms with E-state index < -0.39 is 11.6 Å². The van der Waals surface area contributed by atoms with Crippen molar-refractivity contribution < 1.29 is 8.78 Å². The number of nitrogens with zero attached hydrogens (tertiary/aromatic N) is 6. The molecule has 1 saturated heterocycles. The first-order valence-electron chi connectivity index (χ1n) is 11.8. The Bertz CT molecular complexity index is 1410. The van der Waals surface area contributed by atoms with Gasteiger partial charge in [0.1, 0.15) is 17.5 Å². The van der Waals surface area contributed by atoms with Crippen LogP contribution >= 0.6 is 0 Å². The highest BCUT2D eigenvalue weighted by atomic mass is 19.1. The molecular weight excluding hydrogens is 448 g/mol. The van der Waals surface area contributed by atoms with Crippen LogP contribution in [0.5, 0.6) is 0 Å². The van der Waals surface area contributed by atoms with Crippen molar-refractivity contribution in [3.63, 3.8) is 0 Å². The Labute approximate surface area is 201 Å². The van der Waals surface area contributed by atoms with Crippen LogP contribution in [0, 0.1) is 24.5 Å². The van der Waals surface area contributed by atoms with Crippen molar-refractivity contribution in [2.45, 2.75) is 31.6 Å². The van der Waals surface area contributed by atoms with E-state index in [9.17, 15) is 8.78 Å². The van der Waals surface area contributed by atoms with E-state index in [1.54, 1.807) is 18.5 Å². The number of rotatable bonds is 5. The summed E-state index contributed by atoms with van der Waals surface area (Å²) >= 11 is 0. The number of piperidine rings is 1. The molecule has 2 fully saturated rings. The number of nitrogens with one attached hydrogen (secondary N) is 1. The lowest BCUT2D eigenvalue weighted by molar-refractivity contribution is 0.480. The minimum atomic E-state index is -0.798. The average Bonchev–Trinajstić information content (AvgIpc) is 3.70. The topological polar surface area (TPSA) is 79.7 Å². The fourth-order valence-corrected chi connectivity index (χ4v) is 4.67. The van der Waals surface area contributed by atoms with Crippen LogP contribution in [0.15, 0.2) is 43.0 Å². The number of pyridine rings is 3. The van der Waals surface area contributed by atoms with Crippen LogP contribution in [0.3, 0.4) is 0 Å². The van der Waals surface area contributed by atoms with Gasteiger partial charge in [0.2, 0.25) is 0 Å². The molecule has 6 rings (SSSR count). The molecule has 0 aromatic carbocycles. The monoisotopic (exact) mass is 472 g/mol. The van der Waals surface area contributed by atoms with Crippen LogP contribution in [0.25, 0.3) is 22.3 Å². The summed E-state index contributed by atoms with van der Waals surface area (Å²) in [6, 6.07) is 4.31. The molecule has 0 unspecified atom stereocenters. The summed E-state index contributed by atoms with van der Waals surface area (Å²) in [5.41, 5.74) is 2.73. The Kier molecular flexibility index (Phi) is 5.47. The van der Waals surface area contributed by atoms with E-state index in [2.05, 4.69) is 32.1 Å². The lowest BCUT2D eigenvalue weighted by Crippen LogP contribution is -2.35. The smallest absolute Gasteiger partial charge is 0.168 e. The lowest BCUT2D eigenvalue weighted by Gasteiger charge is -2.33. The fourth-order valence-electron chi connectivity index (χ4n) is 4.67. The largest absolute Gasteiger partial charge is 0.356 e. The molecule has 177 valence electrons. The van der Waals surface area contributed by atoms with Crippen LogP contribution in [0.4, 0.5) is 26.2 Å². The Balaban J connectivity index is 1.43. The van der Waals surface area contributed by atoms with E-state index >= 15 is 0 Å². The quantitative estimate of drug-likeness (QED) is 0.415. The van der Waals surface area contributed by atoms with Crippen molar-refractivity contribution in [3.05, 3.63) is 67.1 Å². The maximum atomic E-state index is 14.1. The maximum absolute atomic E-state index is 14.1. The molecule has 1 aliphatic carbocycles. The summed E-state index contributed by atoms with van der Waals surface area (Å²) in [4.78, 5) is 24.7. The number of halogens is 2. The first-order valence-corrected chi connectivity index (χ1v) is 11.8. The molecule has 5 heterocycles. The van der Waals surface area contributed by atoms with E-state index in [-0.39, 0.29) is 5.82 Å². The van der Waals surface area contributed by atoms with Gasteiger partial charge in [0.25, 0.3) is 0 Å². The van der Waals surface area contributed by atoms with Crippen molar-refractivity contribution in [2.75, 3.05) is 23.3 Å². The van der Waals surface area contributed by atoms with Crippen molar-refractivity contribution in [1.82, 2.24) is 24.9 Å². The summed E-state index contributed by atoms with van der Waals surface area (Å²) in [6.45, 7) is 6.06. The highest BCUT2D eigenvalue weighted by molar-refractivity contribution is 5.94. The van der Waals surface area contributed by atoms with Gasteiger partial charge in [-0.3, -0.25) is 4.98 Å². The van der Waals surface area contributed by atoms with Gasteiger partial charge in [0.15, 0.2) is 17.5 Å². The van der Waals surface area contributed by atoms with Crippen LogP contribution in [-0.4, -0.2) is 38.0 Å². The first-order chi connectivity index (χ1) is 17.0. The standard InChI is InChI=1S/C26H24F2N7/c1-15-3-2-8-35(14-15)26-23-19(16-4-5-16)12-29-13-21(23)32-24(34-26)17-6-7-30-22(9-17)33-25-20(28)10-18(27)11-31-25/h6-7,9-13,15-16H,1-5,8,14H2,(H,30,31,33)/t15-/m1/s1. The second kappa shape index (κ2) is 8.79. The third kappa shape index (κ3) is 4.38. The molecule has 35 heavy (non-hydrogen) atoms. The molecule has 9 heteroatoms. The van der Waals surface area contributed by atoms with Gasteiger partial charge in [0, 0.05) is 42.5 Å². The molecule has 1 N–H and O–H groups in total. The van der Waals surface area contributed by atoms with Gasteiger partial charge in [-0.05, 0) is 62.1 Å². The van der Waals surface area contributed by atoms with Gasteiger partial charge >= 0.3 is 0 Å². The summed E-state index contributed by atoms with van der Waals surface area (Å²) in [6.07, 6.45) is 10.8. The van der Waals surface area contributed by atoms with E-state index in [0.717, 1.165) is 67.8 Å². The van der Waals surface area contributed by atoms with Gasteiger partial charge in [-0.15, -0.1) is 0 Å². The number of fused-ring (bicyclic) bond motifs is 1. The van der Waals surface area contributed by atoms with Crippen LogP contribution < -0.4 is 10.2 Å². The van der Waals surface area contributed by atoms with E-state index in [0.29, 0.717) is 29.0 Å². The third-order valence-electron chi connectivity index (χ3n) is 6.53. The normalized spacial score (nSPS) is 18.1. The van der Waals surface area contributed by atoms with Crippen molar-refractivity contribution in [3.8, 4) is 11.4 Å². The molecular formula is C26H24F2N7. The zero-order chi connectivity index (χ0) is 23.9. The highest BCUT2D eigenvalue weighted by Crippen LogP contribution is 2.45. The minimum Gasteiger partial charge on any atom is -0.356 e. The minimum absolute atomic E-state index is 0.107. The summed E-state index contributed by atoms with van der Waals surface area (Å²) in [5.74, 6) is 1.01. The SMILES string of the molecule is [CH2][C@@H]1CCCN(c2nc(-c3ccnc(Nc4ncc(F)cc4F)c3)nc3cncc(C4CC4)c23)C1. The molecule has 1 atom stereocenters. The molecule has 0 bridgehead atoms. The average molecular weight is 473 g/mol. The number of hydrogen-bond donors (Lipinski definition) is 1. The first kappa shape index (κ1) is 21.8. The molecule has 2 aliphatic rings. The molecule has 4 aromatic heterocycles. The molecule has 4 aromatic rings. The number of aromatic nitrogens is 5. The second-order valence-electron chi connectivity index (χ2n) is 9.26. The van der Waals surface area contributed by atoms with Gasteiger partial charge in [-0.2, -0.15) is 0 Å². The fraction of sp³-hybridized carbons (Fsp3) is 0.308. The second-order valence-corrected chi connectivity index (χ2v) is 9.26. The van der Waals surface area contributed by atoms with Gasteiger partial charge in [-0.1, -0.05) is 0 Å². The summed E-state index contributed by atoms with van der Waals surface area (Å²) in [5, 5.41) is 3.89. The molecule has 1 radical (unpaired) electrons.